The Bertz CT molecular complexity index is 408. The zero-order chi connectivity index (χ0) is 12.3. The number of nitrogens with one attached hydrogen (secondary N) is 1. The average molecular weight is 232 g/mol. The fourth-order valence-electron chi connectivity index (χ4n) is 2.43. The summed E-state index contributed by atoms with van der Waals surface area (Å²) in [6, 6.07) is 3.84. The van der Waals surface area contributed by atoms with Crippen LogP contribution in [0, 0.1) is 12.3 Å². The minimum absolute atomic E-state index is 0.121. The standard InChI is InChI=1S/C14H20N2O/c1-11-6-9-15-12(10-11)16-13(17)14(2)7-4-3-5-8-14/h6,9-10H,3-5,7-8H2,1-2H3,(H,15,16,17). The number of amides is 1. The molecule has 1 aliphatic carbocycles. The molecule has 17 heavy (non-hydrogen) atoms. The van der Waals surface area contributed by atoms with Gasteiger partial charge in [-0.1, -0.05) is 26.2 Å². The fraction of sp³-hybridized carbons (Fsp3) is 0.571. The molecule has 0 aromatic carbocycles. The van der Waals surface area contributed by atoms with E-state index < -0.39 is 0 Å². The number of pyridine rings is 1. The summed E-state index contributed by atoms with van der Waals surface area (Å²) in [4.78, 5) is 16.4. The van der Waals surface area contributed by atoms with Crippen molar-refractivity contribution in [2.24, 2.45) is 5.41 Å². The van der Waals surface area contributed by atoms with Gasteiger partial charge in [-0.15, -0.1) is 0 Å². The SMILES string of the molecule is Cc1ccnc(NC(=O)C2(C)CCCCC2)c1. The van der Waals surface area contributed by atoms with E-state index in [0.717, 1.165) is 31.2 Å². The Morgan fingerprint density at radius 3 is 2.71 bits per heavy atom. The minimum atomic E-state index is -0.205. The van der Waals surface area contributed by atoms with Crippen LogP contribution in [-0.2, 0) is 4.79 Å². The second kappa shape index (κ2) is 4.86. The molecule has 92 valence electrons. The van der Waals surface area contributed by atoms with Crippen molar-refractivity contribution in [2.45, 2.75) is 46.0 Å². The summed E-state index contributed by atoms with van der Waals surface area (Å²) in [5.74, 6) is 0.789. The maximum atomic E-state index is 12.2. The van der Waals surface area contributed by atoms with E-state index in [0.29, 0.717) is 5.82 Å². The van der Waals surface area contributed by atoms with Gasteiger partial charge in [0.15, 0.2) is 0 Å². The zero-order valence-corrected chi connectivity index (χ0v) is 10.6. The highest BCUT2D eigenvalue weighted by molar-refractivity contribution is 5.94. The highest BCUT2D eigenvalue weighted by atomic mass is 16.2. The molecule has 0 atom stereocenters. The van der Waals surface area contributed by atoms with Crippen molar-refractivity contribution in [3.63, 3.8) is 0 Å². The molecule has 0 saturated heterocycles. The summed E-state index contributed by atoms with van der Waals surface area (Å²) in [7, 11) is 0. The lowest BCUT2D eigenvalue weighted by atomic mass is 9.75. The summed E-state index contributed by atoms with van der Waals surface area (Å²) in [6.45, 7) is 4.07. The molecule has 3 nitrogen and oxygen atoms in total. The van der Waals surface area contributed by atoms with E-state index >= 15 is 0 Å². The number of aryl methyl sites for hydroxylation is 1. The molecule has 0 spiro atoms. The van der Waals surface area contributed by atoms with E-state index in [9.17, 15) is 4.79 Å². The number of anilines is 1. The third-order valence-electron chi connectivity index (χ3n) is 3.66. The number of hydrogen-bond donors (Lipinski definition) is 1. The van der Waals surface area contributed by atoms with Crippen molar-refractivity contribution in [3.05, 3.63) is 23.9 Å². The number of nitrogens with zero attached hydrogens (tertiary/aromatic N) is 1. The number of rotatable bonds is 2. The van der Waals surface area contributed by atoms with Crippen LogP contribution in [0.25, 0.3) is 0 Å². The second-order valence-electron chi connectivity index (χ2n) is 5.29. The molecule has 1 saturated carbocycles. The van der Waals surface area contributed by atoms with Gasteiger partial charge in [-0.2, -0.15) is 0 Å². The average Bonchev–Trinajstić information content (AvgIpc) is 2.30. The molecule has 0 bridgehead atoms. The summed E-state index contributed by atoms with van der Waals surface area (Å²) < 4.78 is 0. The number of carbonyl (C=O) groups is 1. The fourth-order valence-corrected chi connectivity index (χ4v) is 2.43. The maximum Gasteiger partial charge on any atom is 0.231 e. The van der Waals surface area contributed by atoms with E-state index in [-0.39, 0.29) is 11.3 Å². The predicted molar refractivity (Wildman–Crippen MR) is 68.8 cm³/mol. The van der Waals surface area contributed by atoms with Crippen LogP contribution in [0.4, 0.5) is 5.82 Å². The molecule has 1 aliphatic rings. The van der Waals surface area contributed by atoms with Gasteiger partial charge in [0.1, 0.15) is 5.82 Å². The molecule has 1 amide bonds. The lowest BCUT2D eigenvalue weighted by molar-refractivity contribution is -0.126. The van der Waals surface area contributed by atoms with Crippen molar-refractivity contribution in [1.29, 1.82) is 0 Å². The molecule has 1 aromatic rings. The van der Waals surface area contributed by atoms with E-state index in [4.69, 9.17) is 0 Å². The Labute approximate surface area is 103 Å². The molecule has 1 heterocycles. The van der Waals surface area contributed by atoms with E-state index in [1.807, 2.05) is 19.1 Å². The molecular formula is C14H20N2O. The summed E-state index contributed by atoms with van der Waals surface area (Å²) in [6.07, 6.45) is 7.28. The van der Waals surface area contributed by atoms with Crippen molar-refractivity contribution in [1.82, 2.24) is 4.98 Å². The molecule has 0 unspecified atom stereocenters. The molecule has 3 heteroatoms. The lowest BCUT2D eigenvalue weighted by Crippen LogP contribution is -2.35. The van der Waals surface area contributed by atoms with Gasteiger partial charge < -0.3 is 5.32 Å². The van der Waals surface area contributed by atoms with Gasteiger partial charge in [0.2, 0.25) is 5.91 Å². The zero-order valence-electron chi connectivity index (χ0n) is 10.6. The number of carbonyl (C=O) groups excluding carboxylic acids is 1. The first-order chi connectivity index (χ1) is 8.10. The Hall–Kier alpha value is -1.38. The third-order valence-corrected chi connectivity index (χ3v) is 3.66. The lowest BCUT2D eigenvalue weighted by Gasteiger charge is -2.31. The first-order valence-corrected chi connectivity index (χ1v) is 6.34. The summed E-state index contributed by atoms with van der Waals surface area (Å²) in [5.41, 5.74) is 0.910. The van der Waals surface area contributed by atoms with Crippen LogP contribution < -0.4 is 5.32 Å². The van der Waals surface area contributed by atoms with Gasteiger partial charge >= 0.3 is 0 Å². The third kappa shape index (κ3) is 2.84. The normalized spacial score (nSPS) is 18.7. The highest BCUT2D eigenvalue weighted by Gasteiger charge is 2.34. The van der Waals surface area contributed by atoms with Crippen molar-refractivity contribution < 1.29 is 4.79 Å². The van der Waals surface area contributed by atoms with Crippen LogP contribution in [-0.4, -0.2) is 10.9 Å². The summed E-state index contributed by atoms with van der Waals surface area (Å²) >= 11 is 0. The Morgan fingerprint density at radius 1 is 1.35 bits per heavy atom. The van der Waals surface area contributed by atoms with E-state index in [2.05, 4.69) is 17.2 Å². The van der Waals surface area contributed by atoms with Gasteiger partial charge in [-0.05, 0) is 37.5 Å². The minimum Gasteiger partial charge on any atom is -0.310 e. The van der Waals surface area contributed by atoms with Gasteiger partial charge in [0, 0.05) is 11.6 Å². The van der Waals surface area contributed by atoms with Crippen molar-refractivity contribution in [3.8, 4) is 0 Å². The molecule has 0 aliphatic heterocycles. The summed E-state index contributed by atoms with van der Waals surface area (Å²) in [5, 5.41) is 2.94. The van der Waals surface area contributed by atoms with E-state index in [1.165, 1.54) is 6.42 Å². The van der Waals surface area contributed by atoms with Gasteiger partial charge in [-0.25, -0.2) is 4.98 Å². The topological polar surface area (TPSA) is 42.0 Å². The van der Waals surface area contributed by atoms with Crippen molar-refractivity contribution >= 4 is 11.7 Å². The van der Waals surface area contributed by atoms with E-state index in [1.54, 1.807) is 6.20 Å². The second-order valence-corrected chi connectivity index (χ2v) is 5.29. The monoisotopic (exact) mass is 232 g/mol. The van der Waals surface area contributed by atoms with Gasteiger partial charge in [0.25, 0.3) is 0 Å². The van der Waals surface area contributed by atoms with Crippen LogP contribution in [0.5, 0.6) is 0 Å². The molecule has 1 aromatic heterocycles. The molecule has 0 radical (unpaired) electrons. The molecule has 1 N–H and O–H groups in total. The number of aromatic nitrogens is 1. The van der Waals surface area contributed by atoms with Crippen LogP contribution in [0.15, 0.2) is 18.3 Å². The maximum absolute atomic E-state index is 12.2. The molecular weight excluding hydrogens is 212 g/mol. The number of hydrogen-bond acceptors (Lipinski definition) is 2. The Kier molecular flexibility index (Phi) is 3.46. The van der Waals surface area contributed by atoms with Crippen LogP contribution in [0.1, 0.15) is 44.6 Å². The largest absolute Gasteiger partial charge is 0.310 e. The highest BCUT2D eigenvalue weighted by Crippen LogP contribution is 2.36. The first-order valence-electron chi connectivity index (χ1n) is 6.34. The Morgan fingerprint density at radius 2 is 2.06 bits per heavy atom. The van der Waals surface area contributed by atoms with Crippen LogP contribution >= 0.6 is 0 Å². The quantitative estimate of drug-likeness (QED) is 0.850. The van der Waals surface area contributed by atoms with Gasteiger partial charge in [0.05, 0.1) is 0 Å². The van der Waals surface area contributed by atoms with Crippen LogP contribution in [0.2, 0.25) is 0 Å². The predicted octanol–water partition coefficient (Wildman–Crippen LogP) is 3.30. The Balaban J connectivity index is 2.05. The van der Waals surface area contributed by atoms with Crippen LogP contribution in [0.3, 0.4) is 0 Å². The molecule has 1 fully saturated rings. The van der Waals surface area contributed by atoms with Crippen molar-refractivity contribution in [2.75, 3.05) is 5.32 Å². The smallest absolute Gasteiger partial charge is 0.231 e. The van der Waals surface area contributed by atoms with Gasteiger partial charge in [-0.3, -0.25) is 4.79 Å². The molecule has 2 rings (SSSR count). The first kappa shape index (κ1) is 12.1.